The number of ether oxygens (including phenoxy) is 1. The Labute approximate surface area is 83.6 Å². The summed E-state index contributed by atoms with van der Waals surface area (Å²) in [5.41, 5.74) is 1.03. The van der Waals surface area contributed by atoms with Gasteiger partial charge in [-0.3, -0.25) is 0 Å². The summed E-state index contributed by atoms with van der Waals surface area (Å²) in [6, 6.07) is 12.3. The van der Waals surface area contributed by atoms with Gasteiger partial charge in [0.05, 0.1) is 7.11 Å². The van der Waals surface area contributed by atoms with Crippen LogP contribution in [0.2, 0.25) is 0 Å². The molecule has 0 aliphatic rings. The second-order valence-electron chi connectivity index (χ2n) is 3.15. The van der Waals surface area contributed by atoms with Crippen LogP contribution in [0, 0.1) is 0 Å². The predicted molar refractivity (Wildman–Crippen MR) is 60.6 cm³/mol. The monoisotopic (exact) mass is 184 g/mol. The van der Waals surface area contributed by atoms with Gasteiger partial charge in [0.1, 0.15) is 5.75 Å². The molecule has 14 heavy (non-hydrogen) atoms. The molecular formula is C13H12O. The van der Waals surface area contributed by atoms with Crippen molar-refractivity contribution < 1.29 is 4.74 Å². The minimum atomic E-state index is 0.874. The molecule has 2 aromatic rings. The lowest BCUT2D eigenvalue weighted by atomic mass is 10.1. The van der Waals surface area contributed by atoms with E-state index in [0.29, 0.717) is 0 Å². The summed E-state index contributed by atoms with van der Waals surface area (Å²) >= 11 is 0. The molecule has 0 atom stereocenters. The molecule has 0 saturated heterocycles. The largest absolute Gasteiger partial charge is 0.496 e. The summed E-state index contributed by atoms with van der Waals surface area (Å²) < 4.78 is 5.27. The molecule has 1 nitrogen and oxygen atoms in total. The van der Waals surface area contributed by atoms with Crippen LogP contribution < -0.4 is 4.74 Å². The highest BCUT2D eigenvalue weighted by Gasteiger charge is 2.01. The van der Waals surface area contributed by atoms with Gasteiger partial charge >= 0.3 is 0 Å². The fraction of sp³-hybridized carbons (Fsp3) is 0.0769. The zero-order valence-electron chi connectivity index (χ0n) is 8.16. The number of hydrogen-bond donors (Lipinski definition) is 0. The Hall–Kier alpha value is -1.76. The molecule has 2 rings (SSSR count). The topological polar surface area (TPSA) is 9.23 Å². The average Bonchev–Trinajstić information content (AvgIpc) is 2.27. The maximum atomic E-state index is 5.27. The highest BCUT2D eigenvalue weighted by Crippen LogP contribution is 2.26. The Morgan fingerprint density at radius 3 is 2.36 bits per heavy atom. The van der Waals surface area contributed by atoms with Gasteiger partial charge in [0.2, 0.25) is 0 Å². The van der Waals surface area contributed by atoms with Crippen LogP contribution in [0.5, 0.6) is 5.75 Å². The van der Waals surface area contributed by atoms with E-state index in [1.807, 2.05) is 24.3 Å². The van der Waals surface area contributed by atoms with E-state index < -0.39 is 0 Å². The van der Waals surface area contributed by atoms with Gasteiger partial charge in [-0.25, -0.2) is 0 Å². The number of rotatable bonds is 2. The highest BCUT2D eigenvalue weighted by molar-refractivity contribution is 5.87. The van der Waals surface area contributed by atoms with Crippen molar-refractivity contribution in [1.29, 1.82) is 0 Å². The minimum absolute atomic E-state index is 0.874. The van der Waals surface area contributed by atoms with Gasteiger partial charge < -0.3 is 4.74 Å². The predicted octanol–water partition coefficient (Wildman–Crippen LogP) is 3.49. The van der Waals surface area contributed by atoms with Gasteiger partial charge in [-0.2, -0.15) is 0 Å². The molecule has 0 aromatic heterocycles. The van der Waals surface area contributed by atoms with Gasteiger partial charge in [0, 0.05) is 5.56 Å². The smallest absolute Gasteiger partial charge is 0.126 e. The van der Waals surface area contributed by atoms with Crippen LogP contribution >= 0.6 is 0 Å². The maximum absolute atomic E-state index is 5.27. The van der Waals surface area contributed by atoms with Crippen LogP contribution in [0.4, 0.5) is 0 Å². The van der Waals surface area contributed by atoms with Crippen LogP contribution in [0.15, 0.2) is 43.0 Å². The van der Waals surface area contributed by atoms with Crippen molar-refractivity contribution in [2.24, 2.45) is 0 Å². The molecule has 0 saturated carbocycles. The third-order valence-electron chi connectivity index (χ3n) is 2.32. The average molecular weight is 184 g/mol. The standard InChI is InChI=1S/C13H12O/c1-3-10-8-11-6-4-5-7-12(11)9-13(10)14-2/h3-9H,1H2,2H3. The molecule has 1 heteroatoms. The molecule has 0 aliphatic heterocycles. The third-order valence-corrected chi connectivity index (χ3v) is 2.32. The van der Waals surface area contributed by atoms with Crippen LogP contribution in [0.1, 0.15) is 5.56 Å². The number of methoxy groups -OCH3 is 1. The van der Waals surface area contributed by atoms with Crippen LogP contribution in [0.25, 0.3) is 16.8 Å². The second-order valence-corrected chi connectivity index (χ2v) is 3.15. The highest BCUT2D eigenvalue weighted by atomic mass is 16.5. The summed E-state index contributed by atoms with van der Waals surface area (Å²) in [5.74, 6) is 0.874. The van der Waals surface area contributed by atoms with E-state index in [-0.39, 0.29) is 0 Å². The number of benzene rings is 2. The molecule has 0 aliphatic carbocycles. The summed E-state index contributed by atoms with van der Waals surface area (Å²) in [5, 5.41) is 2.40. The summed E-state index contributed by atoms with van der Waals surface area (Å²) in [7, 11) is 1.68. The zero-order valence-corrected chi connectivity index (χ0v) is 8.16. The quantitative estimate of drug-likeness (QED) is 0.694. The molecule has 0 unspecified atom stereocenters. The van der Waals surface area contributed by atoms with Crippen molar-refractivity contribution in [1.82, 2.24) is 0 Å². The van der Waals surface area contributed by atoms with E-state index in [1.165, 1.54) is 10.8 Å². The van der Waals surface area contributed by atoms with Gasteiger partial charge in [-0.1, -0.05) is 36.9 Å². The molecule has 70 valence electrons. The van der Waals surface area contributed by atoms with Gasteiger partial charge in [0.15, 0.2) is 0 Å². The first kappa shape index (κ1) is 8.82. The van der Waals surface area contributed by atoms with E-state index in [0.717, 1.165) is 11.3 Å². The second kappa shape index (κ2) is 3.54. The minimum Gasteiger partial charge on any atom is -0.496 e. The molecule has 0 radical (unpaired) electrons. The van der Waals surface area contributed by atoms with E-state index in [1.54, 1.807) is 7.11 Å². The van der Waals surface area contributed by atoms with Gasteiger partial charge in [0.25, 0.3) is 0 Å². The van der Waals surface area contributed by atoms with E-state index >= 15 is 0 Å². The fourth-order valence-corrected chi connectivity index (χ4v) is 1.57. The zero-order chi connectivity index (χ0) is 9.97. The van der Waals surface area contributed by atoms with Crippen LogP contribution in [0.3, 0.4) is 0 Å². The molecule has 0 N–H and O–H groups in total. The molecule has 2 aromatic carbocycles. The Bertz CT molecular complexity index is 472. The van der Waals surface area contributed by atoms with Gasteiger partial charge in [-0.15, -0.1) is 0 Å². The van der Waals surface area contributed by atoms with Crippen LogP contribution in [-0.4, -0.2) is 7.11 Å². The lowest BCUT2D eigenvalue weighted by Gasteiger charge is -2.06. The van der Waals surface area contributed by atoms with E-state index in [4.69, 9.17) is 4.74 Å². The van der Waals surface area contributed by atoms with Crippen molar-refractivity contribution in [2.45, 2.75) is 0 Å². The van der Waals surface area contributed by atoms with Crippen molar-refractivity contribution in [3.63, 3.8) is 0 Å². The van der Waals surface area contributed by atoms with Crippen molar-refractivity contribution in [2.75, 3.05) is 7.11 Å². The molecule has 0 fully saturated rings. The van der Waals surface area contributed by atoms with Gasteiger partial charge in [-0.05, 0) is 22.9 Å². The molecule has 0 bridgehead atoms. The first-order valence-electron chi connectivity index (χ1n) is 4.54. The van der Waals surface area contributed by atoms with Crippen molar-refractivity contribution >= 4 is 16.8 Å². The molecule has 0 heterocycles. The number of hydrogen-bond acceptors (Lipinski definition) is 1. The lowest BCUT2D eigenvalue weighted by Crippen LogP contribution is -1.86. The normalized spacial score (nSPS) is 10.1. The first-order valence-corrected chi connectivity index (χ1v) is 4.54. The molecular weight excluding hydrogens is 172 g/mol. The van der Waals surface area contributed by atoms with Crippen LogP contribution in [-0.2, 0) is 0 Å². The Morgan fingerprint density at radius 1 is 1.14 bits per heavy atom. The Morgan fingerprint density at radius 2 is 1.79 bits per heavy atom. The maximum Gasteiger partial charge on any atom is 0.126 e. The number of fused-ring (bicyclic) bond motifs is 1. The summed E-state index contributed by atoms with van der Waals surface area (Å²) in [4.78, 5) is 0. The van der Waals surface area contributed by atoms with E-state index in [9.17, 15) is 0 Å². The van der Waals surface area contributed by atoms with Crippen molar-refractivity contribution in [3.8, 4) is 5.75 Å². The summed E-state index contributed by atoms with van der Waals surface area (Å²) in [6.07, 6.45) is 1.81. The first-order chi connectivity index (χ1) is 6.85. The lowest BCUT2D eigenvalue weighted by molar-refractivity contribution is 0.414. The Kier molecular flexibility index (Phi) is 2.23. The Balaban J connectivity index is 2.75. The summed E-state index contributed by atoms with van der Waals surface area (Å²) in [6.45, 7) is 3.77. The molecule has 0 spiro atoms. The van der Waals surface area contributed by atoms with E-state index in [2.05, 4.69) is 24.8 Å². The van der Waals surface area contributed by atoms with Crippen molar-refractivity contribution in [3.05, 3.63) is 48.5 Å². The SMILES string of the molecule is C=Cc1cc2ccccc2cc1OC. The third kappa shape index (κ3) is 1.37. The fourth-order valence-electron chi connectivity index (χ4n) is 1.57. The molecule has 0 amide bonds.